The van der Waals surface area contributed by atoms with E-state index in [0.29, 0.717) is 12.0 Å². The Labute approximate surface area is 255 Å². The number of carbonyl (C=O) groups excluding carboxylic acids is 2. The molecule has 206 valence electrons. The quantitative estimate of drug-likeness (QED) is 0.267. The molecule has 4 aromatic carbocycles. The molecule has 0 saturated carbocycles. The van der Waals surface area contributed by atoms with Crippen LogP contribution in [-0.2, 0) is 28.4 Å². The van der Waals surface area contributed by atoms with Gasteiger partial charge >= 0.3 is 18.9 Å². The minimum absolute atomic E-state index is 0. The van der Waals surface area contributed by atoms with Crippen molar-refractivity contribution in [3.05, 3.63) is 119 Å². The number of nitrogens with one attached hydrogen (secondary N) is 1. The molecule has 0 aromatic heterocycles. The van der Waals surface area contributed by atoms with Gasteiger partial charge in [0.25, 0.3) is 5.91 Å². The second kappa shape index (κ2) is 15.4. The van der Waals surface area contributed by atoms with Gasteiger partial charge in [-0.25, -0.2) is 0 Å². The molecule has 1 N–H and O–H groups in total. The number of benzene rings is 4. The van der Waals surface area contributed by atoms with Crippen molar-refractivity contribution in [3.8, 4) is 22.6 Å². The summed E-state index contributed by atoms with van der Waals surface area (Å²) >= 11 is 0. The fraction of sp³-hybridized carbons (Fsp3) is 0.212. The zero-order chi connectivity index (χ0) is 28.5. The van der Waals surface area contributed by atoms with Crippen LogP contribution in [0.4, 0.5) is 0 Å². The topological polar surface area (TPSA) is 95.5 Å². The third kappa shape index (κ3) is 8.93. The van der Waals surface area contributed by atoms with Crippen LogP contribution in [0.1, 0.15) is 33.5 Å². The Morgan fingerprint density at radius 1 is 0.878 bits per heavy atom. The van der Waals surface area contributed by atoms with E-state index in [1.54, 1.807) is 6.07 Å². The molecule has 0 aliphatic carbocycles. The molecule has 0 saturated heterocycles. The molecule has 2 unspecified atom stereocenters. The largest absolute Gasteiger partial charge is 1.00 e. The maximum absolute atomic E-state index is 13.3. The van der Waals surface area contributed by atoms with E-state index < -0.39 is 28.7 Å². The molecule has 8 heteroatoms. The molecule has 0 fully saturated rings. The first-order valence-corrected chi connectivity index (χ1v) is 14.9. The number of rotatable bonds is 12. The average Bonchev–Trinajstić information content (AvgIpc) is 2.95. The summed E-state index contributed by atoms with van der Waals surface area (Å²) < 4.78 is 17.6. The van der Waals surface area contributed by atoms with Crippen LogP contribution in [0.2, 0.25) is 0 Å². The maximum atomic E-state index is 13.3. The summed E-state index contributed by atoms with van der Waals surface area (Å²) in [7, 11) is -1.19. The van der Waals surface area contributed by atoms with Gasteiger partial charge in [0.2, 0.25) is 0 Å². The van der Waals surface area contributed by atoms with Crippen molar-refractivity contribution >= 4 is 22.7 Å². The number of aryl methyl sites for hydroxylation is 3. The molecule has 0 aliphatic rings. The van der Waals surface area contributed by atoms with Crippen LogP contribution in [0.15, 0.2) is 97.1 Å². The minimum atomic E-state index is -1.40. The summed E-state index contributed by atoms with van der Waals surface area (Å²) in [6.45, 7) is 1.97. The first kappa shape index (κ1) is 31.9. The summed E-state index contributed by atoms with van der Waals surface area (Å²) in [5, 5.41) is 14.2. The third-order valence-electron chi connectivity index (χ3n) is 6.67. The Morgan fingerprint density at radius 2 is 1.56 bits per heavy atom. The normalized spacial score (nSPS) is 12.0. The molecule has 1 amide bonds. The van der Waals surface area contributed by atoms with Gasteiger partial charge in [0.1, 0.15) is 11.5 Å². The molecular formula is C33H32LiNO5S. The predicted molar refractivity (Wildman–Crippen MR) is 157 cm³/mol. The number of carbonyl (C=O) groups is 2. The van der Waals surface area contributed by atoms with Gasteiger partial charge in [-0.15, -0.1) is 0 Å². The van der Waals surface area contributed by atoms with Crippen molar-refractivity contribution in [3.63, 3.8) is 0 Å². The second-order valence-corrected chi connectivity index (χ2v) is 11.2. The van der Waals surface area contributed by atoms with Crippen molar-refractivity contribution in [1.82, 2.24) is 5.32 Å². The van der Waals surface area contributed by atoms with Gasteiger partial charge in [-0.3, -0.25) is 9.00 Å². The van der Waals surface area contributed by atoms with Crippen LogP contribution in [-0.4, -0.2) is 34.1 Å². The van der Waals surface area contributed by atoms with Crippen molar-refractivity contribution in [2.45, 2.75) is 32.2 Å². The average molecular weight is 562 g/mol. The van der Waals surface area contributed by atoms with Crippen LogP contribution in [0, 0.1) is 6.92 Å². The van der Waals surface area contributed by atoms with Gasteiger partial charge in [0.15, 0.2) is 0 Å². The van der Waals surface area contributed by atoms with Gasteiger partial charge < -0.3 is 20.0 Å². The molecule has 2 atom stereocenters. The van der Waals surface area contributed by atoms with Crippen molar-refractivity contribution < 1.29 is 42.5 Å². The number of hydrogen-bond donors (Lipinski definition) is 1. The number of hydrogen-bond acceptors (Lipinski definition) is 5. The maximum Gasteiger partial charge on any atom is 1.00 e. The standard InChI is InChI=1S/C33H33NO5S.Li/c1-23-10-6-8-14-27(23)29-22-24(17-19-28(29)32(35)34-30(33(36)37)20-21-40(2)38)16-18-25-11-7-9-15-31(25)39-26-12-4-3-5-13-26;/h3-15,17,19,22,30H,16,18,20-21H2,1-2H3,(H,34,35)(H,36,37);/q;+1/p-1. The fourth-order valence-electron chi connectivity index (χ4n) is 4.52. The van der Waals surface area contributed by atoms with Gasteiger partial charge in [0, 0.05) is 28.4 Å². The van der Waals surface area contributed by atoms with Gasteiger partial charge in [0.05, 0.1) is 12.0 Å². The molecule has 4 rings (SSSR count). The van der Waals surface area contributed by atoms with E-state index in [2.05, 4.69) is 5.32 Å². The Morgan fingerprint density at radius 3 is 2.27 bits per heavy atom. The minimum Gasteiger partial charge on any atom is -0.548 e. The number of para-hydroxylation sites is 2. The van der Waals surface area contributed by atoms with Gasteiger partial charge in [-0.1, -0.05) is 72.8 Å². The van der Waals surface area contributed by atoms with Gasteiger partial charge in [-0.05, 0) is 78.3 Å². The smallest absolute Gasteiger partial charge is 0.548 e. The molecule has 0 aliphatic heterocycles. The summed E-state index contributed by atoms with van der Waals surface area (Å²) in [6, 6.07) is 29.7. The summed E-state index contributed by atoms with van der Waals surface area (Å²) in [5.41, 5.74) is 5.07. The molecular weight excluding hydrogens is 529 g/mol. The Balaban J connectivity index is 0.00000462. The van der Waals surface area contributed by atoms with E-state index in [9.17, 15) is 18.9 Å². The van der Waals surface area contributed by atoms with Crippen LogP contribution in [0.5, 0.6) is 11.5 Å². The van der Waals surface area contributed by atoms with Gasteiger partial charge in [-0.2, -0.15) is 0 Å². The van der Waals surface area contributed by atoms with E-state index in [4.69, 9.17) is 4.74 Å². The summed E-state index contributed by atoms with van der Waals surface area (Å²) in [4.78, 5) is 25.0. The molecule has 0 heterocycles. The molecule has 0 radical (unpaired) electrons. The van der Waals surface area contributed by atoms with Crippen molar-refractivity contribution in [1.29, 1.82) is 0 Å². The van der Waals surface area contributed by atoms with Crippen LogP contribution in [0.3, 0.4) is 0 Å². The van der Waals surface area contributed by atoms with Crippen LogP contribution < -0.4 is 34.0 Å². The number of aliphatic carboxylic acids is 1. The summed E-state index contributed by atoms with van der Waals surface area (Å²) in [6.07, 6.45) is 2.96. The van der Waals surface area contributed by atoms with E-state index in [1.165, 1.54) is 6.26 Å². The zero-order valence-electron chi connectivity index (χ0n) is 23.6. The third-order valence-corrected chi connectivity index (χ3v) is 7.48. The fourth-order valence-corrected chi connectivity index (χ4v) is 5.08. The number of carboxylic acid groups (broad SMARTS) is 1. The zero-order valence-corrected chi connectivity index (χ0v) is 24.4. The molecule has 0 bridgehead atoms. The number of ether oxygens (including phenoxy) is 1. The first-order valence-electron chi connectivity index (χ1n) is 13.1. The Bertz CT molecular complexity index is 1510. The predicted octanol–water partition coefficient (Wildman–Crippen LogP) is 1.86. The Hall–Kier alpha value is -3.63. The van der Waals surface area contributed by atoms with Crippen LogP contribution >= 0.6 is 0 Å². The summed E-state index contributed by atoms with van der Waals surface area (Å²) in [5.74, 6) is -0.193. The van der Waals surface area contributed by atoms with E-state index in [-0.39, 0.29) is 31.0 Å². The van der Waals surface area contributed by atoms with Crippen LogP contribution in [0.25, 0.3) is 11.1 Å². The Kier molecular flexibility index (Phi) is 12.0. The van der Waals surface area contributed by atoms with E-state index in [1.807, 2.05) is 97.9 Å². The monoisotopic (exact) mass is 561 g/mol. The molecule has 0 spiro atoms. The van der Waals surface area contributed by atoms with E-state index in [0.717, 1.165) is 45.7 Å². The molecule has 6 nitrogen and oxygen atoms in total. The molecule has 4 aromatic rings. The second-order valence-electron chi connectivity index (χ2n) is 9.63. The SMILES string of the molecule is Cc1ccccc1-c1cc(CCc2ccccc2Oc2ccccc2)ccc1C(=O)NC(CCS(C)=O)C(=O)[O-].[Li+]. The van der Waals surface area contributed by atoms with E-state index >= 15 is 0 Å². The number of carboxylic acids is 1. The first-order chi connectivity index (χ1) is 19.3. The molecule has 41 heavy (non-hydrogen) atoms. The van der Waals surface area contributed by atoms with Crippen molar-refractivity contribution in [2.24, 2.45) is 0 Å². The van der Waals surface area contributed by atoms with Crippen molar-refractivity contribution in [2.75, 3.05) is 12.0 Å². The number of amides is 1.